The number of nitrogens with zero attached hydrogens (tertiary/aromatic N) is 1. The predicted molar refractivity (Wildman–Crippen MR) is 67.5 cm³/mol. The van der Waals surface area contributed by atoms with E-state index in [1.165, 1.54) is 0 Å². The van der Waals surface area contributed by atoms with Gasteiger partial charge in [-0.2, -0.15) is 0 Å². The Morgan fingerprint density at radius 3 is 2.47 bits per heavy atom. The molecule has 17 heavy (non-hydrogen) atoms. The highest BCUT2D eigenvalue weighted by molar-refractivity contribution is 5.65. The van der Waals surface area contributed by atoms with Crippen molar-refractivity contribution in [3.8, 4) is 22.9 Å². The molecule has 0 bridgehead atoms. The summed E-state index contributed by atoms with van der Waals surface area (Å²) in [7, 11) is 3.28. The molecule has 1 heterocycles. The van der Waals surface area contributed by atoms with Gasteiger partial charge in [0.15, 0.2) is 0 Å². The van der Waals surface area contributed by atoms with E-state index in [1.54, 1.807) is 14.2 Å². The van der Waals surface area contributed by atoms with Gasteiger partial charge in [-0.15, -0.1) is 0 Å². The molecule has 0 saturated carbocycles. The normalized spacial score (nSPS) is 10.1. The SMILES string of the molecule is COc1ccc(-c2cccc(OC)n2)c(C)c1. The highest BCUT2D eigenvalue weighted by Gasteiger charge is 2.05. The first-order chi connectivity index (χ1) is 8.24. The van der Waals surface area contributed by atoms with Crippen LogP contribution in [0.2, 0.25) is 0 Å². The van der Waals surface area contributed by atoms with Crippen molar-refractivity contribution < 1.29 is 9.47 Å². The van der Waals surface area contributed by atoms with Crippen molar-refractivity contribution in [2.45, 2.75) is 6.92 Å². The number of aromatic nitrogens is 1. The summed E-state index contributed by atoms with van der Waals surface area (Å²) < 4.78 is 10.3. The maximum Gasteiger partial charge on any atom is 0.213 e. The molecule has 3 heteroatoms. The minimum atomic E-state index is 0.623. The van der Waals surface area contributed by atoms with Crippen molar-refractivity contribution in [3.63, 3.8) is 0 Å². The van der Waals surface area contributed by atoms with E-state index in [9.17, 15) is 0 Å². The fraction of sp³-hybridized carbons (Fsp3) is 0.214. The van der Waals surface area contributed by atoms with E-state index in [-0.39, 0.29) is 0 Å². The number of ether oxygens (including phenoxy) is 2. The summed E-state index contributed by atoms with van der Waals surface area (Å²) in [6.07, 6.45) is 0. The largest absolute Gasteiger partial charge is 0.497 e. The van der Waals surface area contributed by atoms with Crippen LogP contribution in [0.4, 0.5) is 0 Å². The second-order valence-corrected chi connectivity index (χ2v) is 3.75. The van der Waals surface area contributed by atoms with Gasteiger partial charge in [0.2, 0.25) is 5.88 Å². The van der Waals surface area contributed by atoms with E-state index >= 15 is 0 Å². The molecule has 2 aromatic rings. The number of hydrogen-bond acceptors (Lipinski definition) is 3. The van der Waals surface area contributed by atoms with E-state index in [1.807, 2.05) is 43.3 Å². The molecule has 0 fully saturated rings. The molecule has 88 valence electrons. The third-order valence-electron chi connectivity index (χ3n) is 2.64. The summed E-state index contributed by atoms with van der Waals surface area (Å²) in [5.74, 6) is 1.48. The smallest absolute Gasteiger partial charge is 0.213 e. The zero-order valence-electron chi connectivity index (χ0n) is 10.2. The molecule has 2 rings (SSSR count). The summed E-state index contributed by atoms with van der Waals surface area (Å²) >= 11 is 0. The molecule has 0 unspecified atom stereocenters. The predicted octanol–water partition coefficient (Wildman–Crippen LogP) is 3.07. The maximum atomic E-state index is 5.19. The molecule has 3 nitrogen and oxygen atoms in total. The minimum absolute atomic E-state index is 0.623. The Kier molecular flexibility index (Phi) is 3.28. The van der Waals surface area contributed by atoms with Gasteiger partial charge in [-0.25, -0.2) is 4.98 Å². The van der Waals surface area contributed by atoms with Crippen LogP contribution in [-0.2, 0) is 0 Å². The minimum Gasteiger partial charge on any atom is -0.497 e. The number of aryl methyl sites for hydroxylation is 1. The summed E-state index contributed by atoms with van der Waals surface area (Å²) in [6.45, 7) is 2.04. The van der Waals surface area contributed by atoms with Crippen LogP contribution >= 0.6 is 0 Å². The first kappa shape index (κ1) is 11.5. The standard InChI is InChI=1S/C14H15NO2/c1-10-9-11(16-2)7-8-12(10)13-5-4-6-14(15-13)17-3/h4-9H,1-3H3. The Morgan fingerprint density at radius 2 is 1.82 bits per heavy atom. The van der Waals surface area contributed by atoms with Crippen molar-refractivity contribution >= 4 is 0 Å². The fourth-order valence-corrected chi connectivity index (χ4v) is 1.73. The van der Waals surface area contributed by atoms with Crippen LogP contribution in [0.3, 0.4) is 0 Å². The molecular formula is C14H15NO2. The van der Waals surface area contributed by atoms with Crippen molar-refractivity contribution in [2.24, 2.45) is 0 Å². The molecule has 0 saturated heterocycles. The van der Waals surface area contributed by atoms with Crippen LogP contribution in [0.1, 0.15) is 5.56 Å². The van der Waals surface area contributed by atoms with E-state index in [4.69, 9.17) is 9.47 Å². The lowest BCUT2D eigenvalue weighted by Gasteiger charge is -2.08. The number of benzene rings is 1. The quantitative estimate of drug-likeness (QED) is 0.810. The van der Waals surface area contributed by atoms with Gasteiger partial charge < -0.3 is 9.47 Å². The maximum absolute atomic E-state index is 5.19. The molecule has 0 aliphatic heterocycles. The Balaban J connectivity index is 2.45. The number of rotatable bonds is 3. The first-order valence-electron chi connectivity index (χ1n) is 5.40. The highest BCUT2D eigenvalue weighted by atomic mass is 16.5. The van der Waals surface area contributed by atoms with Crippen LogP contribution in [0.25, 0.3) is 11.3 Å². The molecule has 0 aliphatic carbocycles. The monoisotopic (exact) mass is 229 g/mol. The summed E-state index contributed by atoms with van der Waals surface area (Å²) in [4.78, 5) is 4.41. The average Bonchev–Trinajstić information content (AvgIpc) is 2.38. The van der Waals surface area contributed by atoms with Gasteiger partial charge >= 0.3 is 0 Å². The van der Waals surface area contributed by atoms with Gasteiger partial charge in [-0.1, -0.05) is 6.07 Å². The summed E-state index contributed by atoms with van der Waals surface area (Å²) in [6, 6.07) is 11.7. The molecule has 0 atom stereocenters. The van der Waals surface area contributed by atoms with Crippen LogP contribution < -0.4 is 9.47 Å². The zero-order chi connectivity index (χ0) is 12.3. The second-order valence-electron chi connectivity index (χ2n) is 3.75. The molecule has 0 amide bonds. The summed E-state index contributed by atoms with van der Waals surface area (Å²) in [5, 5.41) is 0. The van der Waals surface area contributed by atoms with Gasteiger partial charge in [-0.3, -0.25) is 0 Å². The number of methoxy groups -OCH3 is 2. The molecule has 0 N–H and O–H groups in total. The molecule has 0 spiro atoms. The molecule has 0 aliphatic rings. The third kappa shape index (κ3) is 2.38. The number of pyridine rings is 1. The summed E-state index contributed by atoms with van der Waals surface area (Å²) in [5.41, 5.74) is 3.12. The van der Waals surface area contributed by atoms with Crippen LogP contribution in [0.5, 0.6) is 11.6 Å². The molecule has 0 radical (unpaired) electrons. The Morgan fingerprint density at radius 1 is 1.00 bits per heavy atom. The molecule has 1 aromatic heterocycles. The first-order valence-corrected chi connectivity index (χ1v) is 5.40. The lowest BCUT2D eigenvalue weighted by Crippen LogP contribution is -1.92. The average molecular weight is 229 g/mol. The van der Waals surface area contributed by atoms with Crippen molar-refractivity contribution in [1.29, 1.82) is 0 Å². The van der Waals surface area contributed by atoms with Gasteiger partial charge in [0, 0.05) is 11.6 Å². The van der Waals surface area contributed by atoms with Crippen molar-refractivity contribution in [3.05, 3.63) is 42.0 Å². The Hall–Kier alpha value is -2.03. The fourth-order valence-electron chi connectivity index (χ4n) is 1.73. The van der Waals surface area contributed by atoms with Crippen LogP contribution in [-0.4, -0.2) is 19.2 Å². The highest BCUT2D eigenvalue weighted by Crippen LogP contribution is 2.26. The van der Waals surface area contributed by atoms with Gasteiger partial charge in [0.25, 0.3) is 0 Å². The topological polar surface area (TPSA) is 31.4 Å². The third-order valence-corrected chi connectivity index (χ3v) is 2.64. The van der Waals surface area contributed by atoms with Crippen molar-refractivity contribution in [1.82, 2.24) is 4.98 Å². The Labute approximate surface area is 101 Å². The van der Waals surface area contributed by atoms with E-state index in [0.717, 1.165) is 22.6 Å². The van der Waals surface area contributed by atoms with E-state index < -0.39 is 0 Å². The van der Waals surface area contributed by atoms with Crippen molar-refractivity contribution in [2.75, 3.05) is 14.2 Å². The molecule has 1 aromatic carbocycles. The molecular weight excluding hydrogens is 214 g/mol. The van der Waals surface area contributed by atoms with Gasteiger partial charge in [0.1, 0.15) is 5.75 Å². The van der Waals surface area contributed by atoms with E-state index in [0.29, 0.717) is 5.88 Å². The number of hydrogen-bond donors (Lipinski definition) is 0. The van der Waals surface area contributed by atoms with Gasteiger partial charge in [0.05, 0.1) is 19.9 Å². The van der Waals surface area contributed by atoms with Crippen LogP contribution in [0.15, 0.2) is 36.4 Å². The Bertz CT molecular complexity index is 523. The lowest BCUT2D eigenvalue weighted by atomic mass is 10.0. The lowest BCUT2D eigenvalue weighted by molar-refractivity contribution is 0.398. The second kappa shape index (κ2) is 4.87. The van der Waals surface area contributed by atoms with E-state index in [2.05, 4.69) is 4.98 Å². The van der Waals surface area contributed by atoms with Crippen LogP contribution in [0, 0.1) is 6.92 Å². The zero-order valence-corrected chi connectivity index (χ0v) is 10.2. The van der Waals surface area contributed by atoms with Gasteiger partial charge in [-0.05, 0) is 36.8 Å².